The number of carbonyl (C=O) groups excluding carboxylic acids is 1. The number of carbonyl (C=O) groups is 1. The van der Waals surface area contributed by atoms with E-state index in [0.29, 0.717) is 21.8 Å². The number of nitrogens with zero attached hydrogens (tertiary/aromatic N) is 3. The Bertz CT molecular complexity index is 661. The largest absolute Gasteiger partial charge is 0.484 e. The van der Waals surface area contributed by atoms with E-state index < -0.39 is 5.91 Å². The highest BCUT2D eigenvalue weighted by Crippen LogP contribution is 2.26. The molecule has 0 unspecified atom stereocenters. The maximum Gasteiger partial charge on any atom is 0.227 e. The van der Waals surface area contributed by atoms with Crippen LogP contribution in [0.5, 0.6) is 5.75 Å². The Hall–Kier alpha value is -1.93. The fourth-order valence-electron chi connectivity index (χ4n) is 1.50. The van der Waals surface area contributed by atoms with Crippen LogP contribution in [-0.4, -0.2) is 26.5 Å². The van der Waals surface area contributed by atoms with E-state index in [1.54, 1.807) is 6.07 Å². The number of thioether (sulfide) groups is 1. The van der Waals surface area contributed by atoms with E-state index in [1.807, 2.05) is 19.1 Å². The van der Waals surface area contributed by atoms with Crippen LogP contribution in [0.2, 0.25) is 5.02 Å². The lowest BCUT2D eigenvalue weighted by molar-refractivity contribution is -0.115. The quantitative estimate of drug-likeness (QED) is 0.607. The Kier molecular flexibility index (Phi) is 4.92. The van der Waals surface area contributed by atoms with Crippen molar-refractivity contribution in [2.45, 2.75) is 18.7 Å². The number of nitrogens with two attached hydrogens (primary N) is 2. The topological polar surface area (TPSA) is 109 Å². The Morgan fingerprint density at radius 1 is 1.48 bits per heavy atom. The zero-order valence-electron chi connectivity index (χ0n) is 11.2. The summed E-state index contributed by atoms with van der Waals surface area (Å²) in [4.78, 5) is 10.7. The fraction of sp³-hybridized carbons (Fsp3) is 0.250. The molecular formula is C12H14ClN5O2S. The molecule has 1 amide bonds. The van der Waals surface area contributed by atoms with E-state index in [0.717, 1.165) is 17.3 Å². The summed E-state index contributed by atoms with van der Waals surface area (Å²) >= 11 is 7.15. The first kappa shape index (κ1) is 15.5. The molecule has 1 aromatic heterocycles. The number of nitrogen functional groups attached to an aromatic ring is 1. The van der Waals surface area contributed by atoms with Gasteiger partial charge in [0.25, 0.3) is 0 Å². The predicted molar refractivity (Wildman–Crippen MR) is 80.6 cm³/mol. The van der Waals surface area contributed by atoms with Gasteiger partial charge in [-0.25, -0.2) is 4.68 Å². The minimum Gasteiger partial charge on any atom is -0.484 e. The van der Waals surface area contributed by atoms with Gasteiger partial charge in [-0.05, 0) is 24.6 Å². The van der Waals surface area contributed by atoms with Crippen molar-refractivity contribution >= 4 is 29.3 Å². The summed E-state index contributed by atoms with van der Waals surface area (Å²) < 4.78 is 6.85. The van der Waals surface area contributed by atoms with Gasteiger partial charge >= 0.3 is 0 Å². The lowest BCUT2D eigenvalue weighted by atomic mass is 10.2. The van der Waals surface area contributed by atoms with Gasteiger partial charge in [0.1, 0.15) is 12.4 Å². The molecule has 0 radical (unpaired) electrons. The van der Waals surface area contributed by atoms with Crippen molar-refractivity contribution in [3.63, 3.8) is 0 Å². The van der Waals surface area contributed by atoms with E-state index in [-0.39, 0.29) is 12.4 Å². The molecule has 9 heteroatoms. The smallest absolute Gasteiger partial charge is 0.227 e. The van der Waals surface area contributed by atoms with Crippen LogP contribution in [0, 0.1) is 6.92 Å². The molecule has 0 fully saturated rings. The number of primary amides is 1. The monoisotopic (exact) mass is 327 g/mol. The highest BCUT2D eigenvalue weighted by molar-refractivity contribution is 7.99. The first-order chi connectivity index (χ1) is 9.97. The number of benzene rings is 1. The highest BCUT2D eigenvalue weighted by atomic mass is 35.5. The molecule has 0 aliphatic heterocycles. The summed E-state index contributed by atoms with van der Waals surface area (Å²) in [6, 6.07) is 5.47. The van der Waals surface area contributed by atoms with Crippen molar-refractivity contribution in [1.82, 2.24) is 14.9 Å². The van der Waals surface area contributed by atoms with Crippen LogP contribution in [0.4, 0.5) is 0 Å². The van der Waals surface area contributed by atoms with Gasteiger partial charge in [-0.15, -0.1) is 10.2 Å². The van der Waals surface area contributed by atoms with Gasteiger partial charge in [0, 0.05) is 0 Å². The molecule has 2 aromatic rings. The van der Waals surface area contributed by atoms with Crippen molar-refractivity contribution in [2.24, 2.45) is 5.73 Å². The molecular weight excluding hydrogens is 314 g/mol. The molecule has 4 N–H and O–H groups in total. The number of rotatable bonds is 6. The summed E-state index contributed by atoms with van der Waals surface area (Å²) in [6.45, 7) is 2.05. The third kappa shape index (κ3) is 4.02. The molecule has 7 nitrogen and oxygen atoms in total. The third-order valence-corrected chi connectivity index (χ3v) is 3.80. The second kappa shape index (κ2) is 6.68. The second-order valence-electron chi connectivity index (χ2n) is 4.25. The Morgan fingerprint density at radius 3 is 2.95 bits per heavy atom. The molecule has 21 heavy (non-hydrogen) atoms. The summed E-state index contributed by atoms with van der Waals surface area (Å²) in [7, 11) is 0. The molecule has 0 saturated heterocycles. The van der Waals surface area contributed by atoms with E-state index >= 15 is 0 Å². The molecule has 0 saturated carbocycles. The maximum atomic E-state index is 10.7. The molecule has 0 bridgehead atoms. The molecule has 0 atom stereocenters. The SMILES string of the molecule is Cc1ccc(Cl)c(OCc2nnc(SCC(N)=O)n2N)c1. The summed E-state index contributed by atoms with van der Waals surface area (Å²) in [6.07, 6.45) is 0. The number of aromatic nitrogens is 3. The molecule has 2 rings (SSSR count). The third-order valence-electron chi connectivity index (χ3n) is 2.52. The summed E-state index contributed by atoms with van der Waals surface area (Å²) in [5, 5.41) is 8.68. The van der Waals surface area contributed by atoms with E-state index in [4.69, 9.17) is 27.9 Å². The van der Waals surface area contributed by atoms with Crippen molar-refractivity contribution in [3.8, 4) is 5.75 Å². The summed E-state index contributed by atoms with van der Waals surface area (Å²) in [5.41, 5.74) is 6.09. The number of hydrogen-bond acceptors (Lipinski definition) is 6. The Morgan fingerprint density at radius 2 is 2.24 bits per heavy atom. The minimum atomic E-state index is -0.452. The molecule has 0 spiro atoms. The maximum absolute atomic E-state index is 10.7. The van der Waals surface area contributed by atoms with Gasteiger partial charge < -0.3 is 16.3 Å². The van der Waals surface area contributed by atoms with Crippen molar-refractivity contribution in [3.05, 3.63) is 34.6 Å². The van der Waals surface area contributed by atoms with Crippen LogP contribution in [0.1, 0.15) is 11.4 Å². The molecule has 0 aliphatic rings. The zero-order valence-corrected chi connectivity index (χ0v) is 12.8. The number of ether oxygens (including phenoxy) is 1. The van der Waals surface area contributed by atoms with E-state index in [1.165, 1.54) is 4.68 Å². The highest BCUT2D eigenvalue weighted by Gasteiger charge is 2.12. The number of hydrogen-bond donors (Lipinski definition) is 2. The number of halogens is 1. The van der Waals surface area contributed by atoms with Crippen LogP contribution in [-0.2, 0) is 11.4 Å². The van der Waals surface area contributed by atoms with Gasteiger partial charge in [-0.3, -0.25) is 4.79 Å². The average Bonchev–Trinajstić information content (AvgIpc) is 2.78. The van der Waals surface area contributed by atoms with Gasteiger partial charge in [-0.1, -0.05) is 29.4 Å². The van der Waals surface area contributed by atoms with Crippen molar-refractivity contribution < 1.29 is 9.53 Å². The zero-order chi connectivity index (χ0) is 15.4. The fourth-order valence-corrected chi connectivity index (χ4v) is 2.29. The van der Waals surface area contributed by atoms with E-state index in [2.05, 4.69) is 10.2 Å². The standard InChI is InChI=1S/C12H14ClN5O2S/c1-7-2-3-8(13)9(4-7)20-5-11-16-17-12(18(11)15)21-6-10(14)19/h2-4H,5-6,15H2,1H3,(H2,14,19). The Labute approximate surface area is 130 Å². The van der Waals surface area contributed by atoms with Crippen LogP contribution in [0.3, 0.4) is 0 Å². The lowest BCUT2D eigenvalue weighted by Crippen LogP contribution is -2.18. The van der Waals surface area contributed by atoms with Gasteiger partial charge in [-0.2, -0.15) is 0 Å². The predicted octanol–water partition coefficient (Wildman–Crippen LogP) is 1.11. The van der Waals surface area contributed by atoms with Crippen molar-refractivity contribution in [2.75, 3.05) is 11.6 Å². The first-order valence-corrected chi connectivity index (χ1v) is 7.33. The normalized spacial score (nSPS) is 10.6. The number of amides is 1. The molecule has 1 heterocycles. The van der Waals surface area contributed by atoms with Crippen LogP contribution in [0.15, 0.2) is 23.4 Å². The van der Waals surface area contributed by atoms with Gasteiger partial charge in [0.15, 0.2) is 5.82 Å². The number of aryl methyl sites for hydroxylation is 1. The molecule has 0 aliphatic carbocycles. The lowest BCUT2D eigenvalue weighted by Gasteiger charge is -2.08. The van der Waals surface area contributed by atoms with Crippen molar-refractivity contribution in [1.29, 1.82) is 0 Å². The van der Waals surface area contributed by atoms with Gasteiger partial charge in [0.2, 0.25) is 11.1 Å². The molecule has 112 valence electrons. The summed E-state index contributed by atoms with van der Waals surface area (Å²) in [5.74, 6) is 6.42. The second-order valence-corrected chi connectivity index (χ2v) is 5.60. The van der Waals surface area contributed by atoms with Crippen LogP contribution in [0.25, 0.3) is 0 Å². The van der Waals surface area contributed by atoms with Crippen LogP contribution >= 0.6 is 23.4 Å². The minimum absolute atomic E-state index is 0.0832. The first-order valence-electron chi connectivity index (χ1n) is 5.97. The average molecular weight is 328 g/mol. The molecule has 1 aromatic carbocycles. The van der Waals surface area contributed by atoms with Crippen LogP contribution < -0.4 is 16.3 Å². The Balaban J connectivity index is 2.03. The van der Waals surface area contributed by atoms with E-state index in [9.17, 15) is 4.79 Å². The van der Waals surface area contributed by atoms with Gasteiger partial charge in [0.05, 0.1) is 10.8 Å².